The number of nitrogens with zero attached hydrogens (tertiary/aromatic N) is 1. The molecule has 0 aliphatic carbocycles. The highest BCUT2D eigenvalue weighted by molar-refractivity contribution is 7.99. The number of nitrogens with one attached hydrogen (secondary N) is 1. The molecule has 0 radical (unpaired) electrons. The quantitative estimate of drug-likeness (QED) is 0.336. The maximum absolute atomic E-state index is 14.4. The average molecular weight is 488 g/mol. The number of thioether (sulfide) groups is 1. The summed E-state index contributed by atoms with van der Waals surface area (Å²) in [6.07, 6.45) is 2.25. The lowest BCUT2D eigenvalue weighted by Crippen LogP contribution is -2.21. The van der Waals surface area contributed by atoms with E-state index in [1.807, 2.05) is 50.2 Å². The number of primary amides is 1. The molecule has 0 atom stereocenters. The van der Waals surface area contributed by atoms with Crippen molar-refractivity contribution in [3.63, 3.8) is 0 Å². The van der Waals surface area contributed by atoms with Crippen LogP contribution in [-0.4, -0.2) is 23.1 Å². The minimum absolute atomic E-state index is 0.133. The van der Waals surface area contributed by atoms with Gasteiger partial charge < -0.3 is 11.1 Å². The van der Waals surface area contributed by atoms with E-state index < -0.39 is 5.41 Å². The lowest BCUT2D eigenvalue weighted by atomic mass is 9.78. The summed E-state index contributed by atoms with van der Waals surface area (Å²) in [4.78, 5) is 26.4. The first-order valence-corrected chi connectivity index (χ1v) is 11.7. The van der Waals surface area contributed by atoms with Crippen LogP contribution in [0.25, 0.3) is 0 Å². The van der Waals surface area contributed by atoms with Crippen LogP contribution in [0, 0.1) is 5.82 Å². The normalized spacial score (nSPS) is 10.7. The third-order valence-electron chi connectivity index (χ3n) is 4.94. The Bertz CT molecular complexity index is 1070. The number of amides is 2. The molecule has 2 aromatic carbocycles. The van der Waals surface area contributed by atoms with Gasteiger partial charge in [0.05, 0.1) is 6.42 Å². The molecule has 33 heavy (non-hydrogen) atoms. The third kappa shape index (κ3) is 7.58. The maximum atomic E-state index is 14.4. The SMILES string of the molecule is CCSc1ccc(CC(=O)Nc2ccc(C(C)(C)c3cc(Cl)ccc3F)cc2)nc1.NC=O. The molecule has 0 unspecified atom stereocenters. The molecule has 174 valence electrons. The summed E-state index contributed by atoms with van der Waals surface area (Å²) in [5.74, 6) is 0.557. The van der Waals surface area contributed by atoms with Gasteiger partial charge in [-0.3, -0.25) is 14.6 Å². The van der Waals surface area contributed by atoms with Crippen LogP contribution in [0.5, 0.6) is 0 Å². The van der Waals surface area contributed by atoms with Crippen LogP contribution < -0.4 is 11.1 Å². The van der Waals surface area contributed by atoms with Crippen molar-refractivity contribution in [2.45, 2.75) is 37.5 Å². The highest BCUT2D eigenvalue weighted by Crippen LogP contribution is 2.35. The van der Waals surface area contributed by atoms with Gasteiger partial charge in [0.15, 0.2) is 0 Å². The smallest absolute Gasteiger partial charge is 0.230 e. The topological polar surface area (TPSA) is 85.1 Å². The summed E-state index contributed by atoms with van der Waals surface area (Å²) in [6, 6.07) is 15.9. The maximum Gasteiger partial charge on any atom is 0.230 e. The fourth-order valence-electron chi connectivity index (χ4n) is 3.24. The van der Waals surface area contributed by atoms with Crippen LogP contribution in [-0.2, 0) is 21.4 Å². The monoisotopic (exact) mass is 487 g/mol. The van der Waals surface area contributed by atoms with Gasteiger partial charge in [0.1, 0.15) is 5.82 Å². The zero-order valence-electron chi connectivity index (χ0n) is 18.8. The van der Waals surface area contributed by atoms with Gasteiger partial charge in [-0.25, -0.2) is 4.39 Å². The Hall–Kier alpha value is -2.90. The molecule has 0 aliphatic heterocycles. The Balaban J connectivity index is 0.00000122. The van der Waals surface area contributed by atoms with Gasteiger partial charge in [-0.1, -0.05) is 44.5 Å². The molecule has 8 heteroatoms. The van der Waals surface area contributed by atoms with E-state index in [-0.39, 0.29) is 24.6 Å². The van der Waals surface area contributed by atoms with Gasteiger partial charge in [-0.05, 0) is 59.3 Å². The summed E-state index contributed by atoms with van der Waals surface area (Å²) in [6.45, 7) is 5.98. The van der Waals surface area contributed by atoms with Crippen molar-refractivity contribution >= 4 is 41.4 Å². The predicted octanol–water partition coefficient (Wildman–Crippen LogP) is 5.59. The number of pyridine rings is 1. The summed E-state index contributed by atoms with van der Waals surface area (Å²) in [7, 11) is 0. The highest BCUT2D eigenvalue weighted by Gasteiger charge is 2.26. The minimum atomic E-state index is -0.570. The van der Waals surface area contributed by atoms with Crippen molar-refractivity contribution in [1.29, 1.82) is 0 Å². The van der Waals surface area contributed by atoms with E-state index in [0.717, 1.165) is 21.9 Å². The predicted molar refractivity (Wildman–Crippen MR) is 133 cm³/mol. The van der Waals surface area contributed by atoms with Gasteiger partial charge in [0.25, 0.3) is 0 Å². The molecule has 3 rings (SSSR count). The molecular weight excluding hydrogens is 461 g/mol. The molecule has 1 aromatic heterocycles. The Morgan fingerprint density at radius 3 is 2.42 bits per heavy atom. The van der Waals surface area contributed by atoms with Crippen molar-refractivity contribution in [3.05, 3.63) is 88.5 Å². The molecule has 1 heterocycles. The Morgan fingerprint density at radius 1 is 1.18 bits per heavy atom. The third-order valence-corrected chi connectivity index (χ3v) is 6.04. The van der Waals surface area contributed by atoms with Gasteiger partial charge in [-0.2, -0.15) is 0 Å². The number of aromatic nitrogens is 1. The lowest BCUT2D eigenvalue weighted by Gasteiger charge is -2.27. The number of benzene rings is 2. The molecule has 0 aliphatic rings. The Morgan fingerprint density at radius 2 is 1.85 bits per heavy atom. The summed E-state index contributed by atoms with van der Waals surface area (Å²) < 4.78 is 14.4. The largest absolute Gasteiger partial charge is 0.372 e. The van der Waals surface area contributed by atoms with Crippen molar-refractivity contribution in [2.24, 2.45) is 5.73 Å². The number of carbonyl (C=O) groups excluding carboxylic acids is 2. The number of carbonyl (C=O) groups is 2. The van der Waals surface area contributed by atoms with E-state index in [2.05, 4.69) is 23.0 Å². The van der Waals surface area contributed by atoms with Crippen LogP contribution >= 0.6 is 23.4 Å². The van der Waals surface area contributed by atoms with E-state index >= 15 is 0 Å². The number of hydrogen-bond acceptors (Lipinski definition) is 4. The zero-order chi connectivity index (χ0) is 24.4. The first-order valence-electron chi connectivity index (χ1n) is 10.3. The average Bonchev–Trinajstić information content (AvgIpc) is 2.78. The van der Waals surface area contributed by atoms with Crippen molar-refractivity contribution in [3.8, 4) is 0 Å². The fraction of sp³-hybridized carbons (Fsp3) is 0.240. The lowest BCUT2D eigenvalue weighted by molar-refractivity contribution is -0.115. The van der Waals surface area contributed by atoms with E-state index in [1.54, 1.807) is 30.1 Å². The molecule has 3 N–H and O–H groups in total. The highest BCUT2D eigenvalue weighted by atomic mass is 35.5. The molecule has 0 fully saturated rings. The first-order chi connectivity index (χ1) is 15.7. The van der Waals surface area contributed by atoms with Crippen LogP contribution in [0.3, 0.4) is 0 Å². The fourth-order valence-corrected chi connectivity index (χ4v) is 4.04. The molecule has 0 saturated carbocycles. The molecule has 5 nitrogen and oxygen atoms in total. The van der Waals surface area contributed by atoms with E-state index in [1.165, 1.54) is 6.07 Å². The number of halogens is 2. The van der Waals surface area contributed by atoms with Crippen LogP contribution in [0.15, 0.2) is 65.7 Å². The van der Waals surface area contributed by atoms with E-state index in [0.29, 0.717) is 16.3 Å². The second-order valence-electron chi connectivity index (χ2n) is 7.61. The second kappa shape index (κ2) is 12.4. The summed E-state index contributed by atoms with van der Waals surface area (Å²) in [5, 5.41) is 3.39. The summed E-state index contributed by atoms with van der Waals surface area (Å²) >= 11 is 7.78. The van der Waals surface area contributed by atoms with Crippen molar-refractivity contribution < 1.29 is 14.0 Å². The van der Waals surface area contributed by atoms with Gasteiger partial charge in [0, 0.05) is 32.9 Å². The standard InChI is InChI=1S/C24H24ClFN2OS.CH3NO/c1-4-30-20-11-10-19(27-15-20)14-23(29)28-18-8-5-16(6-9-18)24(2,3)21-13-17(25)7-12-22(21)26;2-1-3/h5-13,15H,4,14H2,1-3H3,(H,28,29);1H,(H2,2,3). The molecule has 0 spiro atoms. The second-order valence-corrected chi connectivity index (χ2v) is 9.38. The molecule has 0 saturated heterocycles. The van der Waals surface area contributed by atoms with Crippen LogP contribution in [0.2, 0.25) is 5.02 Å². The number of anilines is 1. The van der Waals surface area contributed by atoms with Gasteiger partial charge >= 0.3 is 0 Å². The van der Waals surface area contributed by atoms with E-state index in [9.17, 15) is 9.18 Å². The van der Waals surface area contributed by atoms with Gasteiger partial charge in [0.2, 0.25) is 12.3 Å². The molecule has 3 aromatic rings. The number of hydrogen-bond donors (Lipinski definition) is 2. The van der Waals surface area contributed by atoms with E-state index in [4.69, 9.17) is 16.4 Å². The first kappa shape index (κ1) is 26.4. The zero-order valence-corrected chi connectivity index (χ0v) is 20.3. The Labute approximate surface area is 202 Å². The molecule has 2 amide bonds. The Kier molecular flexibility index (Phi) is 9.88. The van der Waals surface area contributed by atoms with Crippen molar-refractivity contribution in [1.82, 2.24) is 4.98 Å². The number of nitrogens with two attached hydrogens (primary N) is 1. The van der Waals surface area contributed by atoms with Crippen LogP contribution in [0.1, 0.15) is 37.6 Å². The molecular formula is C25H27ClFN3O2S. The van der Waals surface area contributed by atoms with Crippen molar-refractivity contribution in [2.75, 3.05) is 11.1 Å². The van der Waals surface area contributed by atoms with Gasteiger partial charge in [-0.15, -0.1) is 11.8 Å². The minimum Gasteiger partial charge on any atom is -0.372 e. The number of rotatable bonds is 7. The van der Waals surface area contributed by atoms with Crippen LogP contribution in [0.4, 0.5) is 10.1 Å². The molecule has 0 bridgehead atoms. The summed E-state index contributed by atoms with van der Waals surface area (Å²) in [5.41, 5.74) is 6.46.